The van der Waals surface area contributed by atoms with Crippen molar-refractivity contribution in [3.05, 3.63) is 74.9 Å². The summed E-state index contributed by atoms with van der Waals surface area (Å²) in [7, 11) is 0. The van der Waals surface area contributed by atoms with Crippen LogP contribution in [0.25, 0.3) is 11.4 Å². The molecule has 4 rings (SSSR count). The zero-order valence-corrected chi connectivity index (χ0v) is 18.2. The molecule has 0 unspecified atom stereocenters. The first-order valence-corrected chi connectivity index (χ1v) is 11.1. The quantitative estimate of drug-likeness (QED) is 0.310. The number of carbonyl (C=O) groups excluding carboxylic acids is 1. The Morgan fingerprint density at radius 2 is 1.97 bits per heavy atom. The average Bonchev–Trinajstić information content (AvgIpc) is 3.38. The number of hydrogen-bond donors (Lipinski definition) is 2. The number of nitrogens with two attached hydrogens (primary N) is 1. The third-order valence-electron chi connectivity index (χ3n) is 4.10. The SMILES string of the molecule is Nn1c(SCc2nnc(C(=O)NCc3ccc(F)cc3)s2)nnc1-c1cccc(Cl)c1. The summed E-state index contributed by atoms with van der Waals surface area (Å²) in [6.07, 6.45) is 0. The van der Waals surface area contributed by atoms with E-state index in [-0.39, 0.29) is 23.3 Å². The van der Waals surface area contributed by atoms with E-state index in [9.17, 15) is 9.18 Å². The van der Waals surface area contributed by atoms with Crippen molar-refractivity contribution in [2.75, 3.05) is 5.84 Å². The van der Waals surface area contributed by atoms with Gasteiger partial charge >= 0.3 is 0 Å². The number of hydrogen-bond acceptors (Lipinski definition) is 8. The van der Waals surface area contributed by atoms with Crippen molar-refractivity contribution >= 4 is 40.6 Å². The van der Waals surface area contributed by atoms with Crippen LogP contribution in [0.15, 0.2) is 53.7 Å². The van der Waals surface area contributed by atoms with E-state index in [1.54, 1.807) is 24.3 Å². The third kappa shape index (κ3) is 5.19. The summed E-state index contributed by atoms with van der Waals surface area (Å²) < 4.78 is 14.3. The number of carbonyl (C=O) groups is 1. The summed E-state index contributed by atoms with van der Waals surface area (Å²) >= 11 is 8.53. The van der Waals surface area contributed by atoms with E-state index in [2.05, 4.69) is 25.7 Å². The van der Waals surface area contributed by atoms with Crippen LogP contribution >= 0.6 is 34.7 Å². The molecule has 2 heterocycles. The number of nitrogens with one attached hydrogen (secondary N) is 1. The Kier molecular flexibility index (Phi) is 6.44. The molecule has 0 saturated carbocycles. The highest BCUT2D eigenvalue weighted by atomic mass is 35.5. The van der Waals surface area contributed by atoms with Crippen LogP contribution in [-0.4, -0.2) is 31.0 Å². The van der Waals surface area contributed by atoms with Crippen molar-refractivity contribution in [2.45, 2.75) is 17.5 Å². The first kappa shape index (κ1) is 21.2. The Morgan fingerprint density at radius 1 is 1.16 bits per heavy atom. The fraction of sp³-hybridized carbons (Fsp3) is 0.105. The molecule has 0 atom stereocenters. The van der Waals surface area contributed by atoms with Gasteiger partial charge in [-0.1, -0.05) is 59.0 Å². The summed E-state index contributed by atoms with van der Waals surface area (Å²) in [5.41, 5.74) is 1.54. The number of halogens is 2. The average molecular weight is 476 g/mol. The van der Waals surface area contributed by atoms with E-state index >= 15 is 0 Å². The molecule has 158 valence electrons. The van der Waals surface area contributed by atoms with Crippen LogP contribution in [0.3, 0.4) is 0 Å². The first-order chi connectivity index (χ1) is 15.0. The zero-order valence-electron chi connectivity index (χ0n) is 15.8. The Morgan fingerprint density at radius 3 is 2.74 bits per heavy atom. The Bertz CT molecular complexity index is 1210. The Balaban J connectivity index is 1.35. The molecule has 3 N–H and O–H groups in total. The predicted molar refractivity (Wildman–Crippen MR) is 118 cm³/mol. The van der Waals surface area contributed by atoms with E-state index in [1.807, 2.05) is 12.1 Å². The normalized spacial score (nSPS) is 10.9. The van der Waals surface area contributed by atoms with E-state index < -0.39 is 0 Å². The van der Waals surface area contributed by atoms with Crippen LogP contribution in [0.1, 0.15) is 20.4 Å². The minimum absolute atomic E-state index is 0.242. The van der Waals surface area contributed by atoms with Crippen LogP contribution in [-0.2, 0) is 12.3 Å². The van der Waals surface area contributed by atoms with Crippen molar-refractivity contribution in [3.8, 4) is 11.4 Å². The van der Waals surface area contributed by atoms with Gasteiger partial charge in [-0.15, -0.1) is 20.4 Å². The maximum Gasteiger partial charge on any atom is 0.282 e. The number of aromatic nitrogens is 5. The van der Waals surface area contributed by atoms with E-state index in [1.165, 1.54) is 39.9 Å². The van der Waals surface area contributed by atoms with Gasteiger partial charge in [-0.25, -0.2) is 9.07 Å². The predicted octanol–water partition coefficient (Wildman–Crippen LogP) is 3.53. The van der Waals surface area contributed by atoms with Crippen molar-refractivity contribution < 1.29 is 9.18 Å². The van der Waals surface area contributed by atoms with Gasteiger partial charge in [0.15, 0.2) is 5.82 Å². The minimum Gasteiger partial charge on any atom is -0.346 e. The highest BCUT2D eigenvalue weighted by Crippen LogP contribution is 2.26. The fourth-order valence-electron chi connectivity index (χ4n) is 2.59. The lowest BCUT2D eigenvalue weighted by Crippen LogP contribution is -2.22. The molecule has 1 amide bonds. The number of amides is 1. The van der Waals surface area contributed by atoms with Crippen LogP contribution in [0.2, 0.25) is 5.02 Å². The third-order valence-corrected chi connectivity index (χ3v) is 6.39. The van der Waals surface area contributed by atoms with Gasteiger partial charge in [-0.3, -0.25) is 4.79 Å². The van der Waals surface area contributed by atoms with Gasteiger partial charge in [0.25, 0.3) is 5.91 Å². The van der Waals surface area contributed by atoms with Gasteiger partial charge in [0.1, 0.15) is 10.8 Å². The van der Waals surface area contributed by atoms with Crippen LogP contribution < -0.4 is 11.2 Å². The molecule has 0 aliphatic heterocycles. The van der Waals surface area contributed by atoms with Crippen LogP contribution in [0, 0.1) is 5.82 Å². The number of nitrogens with zero attached hydrogens (tertiary/aromatic N) is 5. The molecule has 0 spiro atoms. The highest BCUT2D eigenvalue weighted by Gasteiger charge is 2.16. The van der Waals surface area contributed by atoms with Crippen molar-refractivity contribution in [3.63, 3.8) is 0 Å². The second kappa shape index (κ2) is 9.41. The van der Waals surface area contributed by atoms with E-state index in [0.29, 0.717) is 26.8 Å². The lowest BCUT2D eigenvalue weighted by molar-refractivity contribution is 0.0950. The van der Waals surface area contributed by atoms with Crippen molar-refractivity contribution in [1.29, 1.82) is 0 Å². The standard InChI is InChI=1S/C19H15ClFN7OS2/c20-13-3-1-2-12(8-13)16-25-27-19(28(16)22)30-10-15-24-26-18(31-15)17(29)23-9-11-4-6-14(21)7-5-11/h1-8H,9-10,22H2,(H,23,29). The first-order valence-electron chi connectivity index (χ1n) is 8.94. The van der Waals surface area contributed by atoms with Gasteiger partial charge < -0.3 is 11.2 Å². The van der Waals surface area contributed by atoms with E-state index in [4.69, 9.17) is 17.4 Å². The summed E-state index contributed by atoms with van der Waals surface area (Å²) in [5.74, 6) is 6.36. The molecule has 0 fully saturated rings. The molecule has 2 aromatic heterocycles. The number of nitrogen functional groups attached to an aromatic ring is 1. The largest absolute Gasteiger partial charge is 0.346 e. The molecule has 0 radical (unpaired) electrons. The molecular weight excluding hydrogens is 461 g/mol. The summed E-state index contributed by atoms with van der Waals surface area (Å²) in [6, 6.07) is 13.1. The highest BCUT2D eigenvalue weighted by molar-refractivity contribution is 7.98. The molecule has 0 aliphatic rings. The van der Waals surface area contributed by atoms with Crippen LogP contribution in [0.4, 0.5) is 4.39 Å². The van der Waals surface area contributed by atoms with Crippen molar-refractivity contribution in [1.82, 2.24) is 30.4 Å². The number of benzene rings is 2. The van der Waals surface area contributed by atoms with Crippen LogP contribution in [0.5, 0.6) is 0 Å². The molecule has 0 saturated heterocycles. The number of thioether (sulfide) groups is 1. The van der Waals surface area contributed by atoms with E-state index in [0.717, 1.165) is 11.1 Å². The van der Waals surface area contributed by atoms with Gasteiger partial charge in [0.2, 0.25) is 10.2 Å². The smallest absolute Gasteiger partial charge is 0.282 e. The second-order valence-electron chi connectivity index (χ2n) is 6.29. The lowest BCUT2D eigenvalue weighted by atomic mass is 10.2. The van der Waals surface area contributed by atoms with Gasteiger partial charge in [-0.05, 0) is 29.8 Å². The molecule has 0 bridgehead atoms. The lowest BCUT2D eigenvalue weighted by Gasteiger charge is -2.03. The molecular formula is C19H15ClFN7OS2. The monoisotopic (exact) mass is 475 g/mol. The maximum atomic E-state index is 12.9. The molecule has 31 heavy (non-hydrogen) atoms. The summed E-state index contributed by atoms with van der Waals surface area (Å²) in [5, 5.41) is 20.9. The Hall–Kier alpha value is -3.02. The van der Waals surface area contributed by atoms with Gasteiger partial charge in [0.05, 0.1) is 5.75 Å². The molecule has 12 heteroatoms. The van der Waals surface area contributed by atoms with Crippen molar-refractivity contribution in [2.24, 2.45) is 0 Å². The summed E-state index contributed by atoms with van der Waals surface area (Å²) in [4.78, 5) is 12.3. The zero-order chi connectivity index (χ0) is 21.8. The fourth-order valence-corrected chi connectivity index (χ4v) is 4.38. The molecule has 8 nitrogen and oxygen atoms in total. The number of rotatable bonds is 7. The summed E-state index contributed by atoms with van der Waals surface area (Å²) in [6.45, 7) is 0.269. The topological polar surface area (TPSA) is 112 Å². The molecule has 4 aromatic rings. The van der Waals surface area contributed by atoms with Gasteiger partial charge in [0, 0.05) is 17.1 Å². The molecule has 2 aromatic carbocycles. The Labute approximate surface area is 189 Å². The minimum atomic E-state index is -0.344. The van der Waals surface area contributed by atoms with Gasteiger partial charge in [-0.2, -0.15) is 0 Å². The maximum absolute atomic E-state index is 12.9. The molecule has 0 aliphatic carbocycles. The second-order valence-corrected chi connectivity index (χ2v) is 8.73.